The molecule has 1 aromatic carbocycles. The van der Waals surface area contributed by atoms with E-state index in [2.05, 4.69) is 12.2 Å². The van der Waals surface area contributed by atoms with Crippen LogP contribution in [0.3, 0.4) is 0 Å². The molecule has 0 bridgehead atoms. The highest BCUT2D eigenvalue weighted by Gasteiger charge is 2.23. The molecule has 4 nitrogen and oxygen atoms in total. The summed E-state index contributed by atoms with van der Waals surface area (Å²) >= 11 is 0. The molecule has 1 aliphatic heterocycles. The van der Waals surface area contributed by atoms with Crippen molar-refractivity contribution in [2.24, 2.45) is 5.92 Å². The number of phenols is 1. The van der Waals surface area contributed by atoms with E-state index in [1.54, 1.807) is 12.1 Å². The summed E-state index contributed by atoms with van der Waals surface area (Å²) in [5.74, 6) is 0.540. The van der Waals surface area contributed by atoms with E-state index in [-0.39, 0.29) is 11.7 Å². The molecule has 1 amide bonds. The number of rotatable bonds is 5. The van der Waals surface area contributed by atoms with E-state index in [9.17, 15) is 9.90 Å². The van der Waals surface area contributed by atoms with Crippen LogP contribution in [0.2, 0.25) is 0 Å². The lowest BCUT2D eigenvalue weighted by Crippen LogP contribution is -2.41. The van der Waals surface area contributed by atoms with Crippen LogP contribution in [-0.4, -0.2) is 42.1 Å². The highest BCUT2D eigenvalue weighted by atomic mass is 16.3. The Kier molecular flexibility index (Phi) is 5.62. The molecular formula is C17H26N2O2. The van der Waals surface area contributed by atoms with Crippen molar-refractivity contribution in [2.45, 2.75) is 33.1 Å². The number of aromatic hydroxyl groups is 1. The molecule has 2 N–H and O–H groups in total. The van der Waals surface area contributed by atoms with Crippen LogP contribution in [0.4, 0.5) is 0 Å². The Morgan fingerprint density at radius 2 is 2.29 bits per heavy atom. The molecule has 1 atom stereocenters. The molecule has 2 rings (SSSR count). The van der Waals surface area contributed by atoms with Crippen molar-refractivity contribution in [3.8, 4) is 5.75 Å². The molecule has 0 spiro atoms. The molecule has 4 heteroatoms. The third-order valence-corrected chi connectivity index (χ3v) is 4.04. The van der Waals surface area contributed by atoms with Crippen LogP contribution in [-0.2, 0) is 0 Å². The number of carbonyl (C=O) groups is 1. The van der Waals surface area contributed by atoms with Crippen LogP contribution >= 0.6 is 0 Å². The Balaban J connectivity index is 2.12. The summed E-state index contributed by atoms with van der Waals surface area (Å²) < 4.78 is 0. The second-order valence-corrected chi connectivity index (χ2v) is 5.98. The summed E-state index contributed by atoms with van der Waals surface area (Å²) in [5.41, 5.74) is 1.42. The molecule has 21 heavy (non-hydrogen) atoms. The van der Waals surface area contributed by atoms with Crippen LogP contribution < -0.4 is 5.32 Å². The van der Waals surface area contributed by atoms with E-state index >= 15 is 0 Å². The highest BCUT2D eigenvalue weighted by molar-refractivity contribution is 5.97. The number of nitrogens with zero attached hydrogens (tertiary/aromatic N) is 1. The summed E-state index contributed by atoms with van der Waals surface area (Å²) in [7, 11) is 0. The molecule has 1 aromatic rings. The number of aryl methyl sites for hydroxylation is 1. The number of hydrogen-bond acceptors (Lipinski definition) is 3. The van der Waals surface area contributed by atoms with Crippen LogP contribution in [0.5, 0.6) is 5.75 Å². The quantitative estimate of drug-likeness (QED) is 0.876. The first-order valence-corrected chi connectivity index (χ1v) is 7.91. The second-order valence-electron chi connectivity index (χ2n) is 5.98. The predicted molar refractivity (Wildman–Crippen MR) is 84.6 cm³/mol. The Morgan fingerprint density at radius 1 is 1.48 bits per heavy atom. The smallest absolute Gasteiger partial charge is 0.257 e. The Hall–Kier alpha value is -1.55. The molecule has 0 saturated carbocycles. The first-order valence-electron chi connectivity index (χ1n) is 7.91. The number of hydrogen-bond donors (Lipinski definition) is 2. The minimum absolute atomic E-state index is 0.0522. The first-order chi connectivity index (χ1) is 10.1. The fourth-order valence-electron chi connectivity index (χ4n) is 2.93. The van der Waals surface area contributed by atoms with Crippen molar-refractivity contribution >= 4 is 5.91 Å². The van der Waals surface area contributed by atoms with Gasteiger partial charge in [0.25, 0.3) is 5.91 Å². The molecule has 0 aliphatic carbocycles. The van der Waals surface area contributed by atoms with Gasteiger partial charge >= 0.3 is 0 Å². The first kappa shape index (κ1) is 15.8. The molecule has 116 valence electrons. The minimum Gasteiger partial charge on any atom is -0.507 e. The Morgan fingerprint density at radius 3 is 2.95 bits per heavy atom. The van der Waals surface area contributed by atoms with Gasteiger partial charge in [0, 0.05) is 13.1 Å². The number of phenolic OH excluding ortho intramolecular Hbond substituents is 1. The molecule has 1 fully saturated rings. The maximum absolute atomic E-state index is 12.7. The summed E-state index contributed by atoms with van der Waals surface area (Å²) in [6, 6.07) is 5.20. The van der Waals surface area contributed by atoms with Crippen molar-refractivity contribution in [1.82, 2.24) is 10.2 Å². The van der Waals surface area contributed by atoms with Gasteiger partial charge in [-0.05, 0) is 57.3 Å². The number of benzene rings is 1. The van der Waals surface area contributed by atoms with Crippen molar-refractivity contribution < 1.29 is 9.90 Å². The third-order valence-electron chi connectivity index (χ3n) is 4.04. The van der Waals surface area contributed by atoms with Crippen molar-refractivity contribution in [3.05, 3.63) is 29.3 Å². The predicted octanol–water partition coefficient (Wildman–Crippen LogP) is 2.55. The molecule has 1 saturated heterocycles. The van der Waals surface area contributed by atoms with E-state index in [0.717, 1.165) is 38.2 Å². The second kappa shape index (κ2) is 7.46. The number of amides is 1. The zero-order valence-corrected chi connectivity index (χ0v) is 13.1. The van der Waals surface area contributed by atoms with Gasteiger partial charge in [-0.25, -0.2) is 0 Å². The van der Waals surface area contributed by atoms with Gasteiger partial charge in [-0.3, -0.25) is 4.79 Å². The van der Waals surface area contributed by atoms with E-state index in [1.807, 2.05) is 17.9 Å². The molecular weight excluding hydrogens is 264 g/mol. The van der Waals surface area contributed by atoms with Gasteiger partial charge in [0.1, 0.15) is 5.75 Å². The molecule has 1 unspecified atom stereocenters. The maximum atomic E-state index is 12.7. The van der Waals surface area contributed by atoms with Crippen LogP contribution in [0.15, 0.2) is 18.2 Å². The Labute approximate surface area is 127 Å². The lowest BCUT2D eigenvalue weighted by molar-refractivity contribution is 0.0715. The summed E-state index contributed by atoms with van der Waals surface area (Å²) in [5, 5.41) is 13.4. The zero-order chi connectivity index (χ0) is 15.2. The number of carbonyl (C=O) groups excluding carboxylic acids is 1. The summed E-state index contributed by atoms with van der Waals surface area (Å²) in [6.07, 6.45) is 3.27. The fourth-order valence-corrected chi connectivity index (χ4v) is 2.93. The van der Waals surface area contributed by atoms with Gasteiger partial charge in [-0.1, -0.05) is 18.6 Å². The molecule has 1 heterocycles. The van der Waals surface area contributed by atoms with Gasteiger partial charge in [0.2, 0.25) is 0 Å². The fraction of sp³-hybridized carbons (Fsp3) is 0.588. The van der Waals surface area contributed by atoms with Crippen molar-refractivity contribution in [3.63, 3.8) is 0 Å². The standard InChI is InChI=1S/C17H26N2O2/c1-3-9-19(12-14-5-4-8-18-11-14)17(21)15-10-13(2)6-7-16(15)20/h6-7,10,14,18,20H,3-5,8-9,11-12H2,1-2H3. The van der Waals surface area contributed by atoms with Crippen LogP contribution in [0.25, 0.3) is 0 Å². The lowest BCUT2D eigenvalue weighted by Gasteiger charge is -2.30. The summed E-state index contributed by atoms with van der Waals surface area (Å²) in [4.78, 5) is 14.6. The van der Waals surface area contributed by atoms with E-state index in [1.165, 1.54) is 12.8 Å². The average molecular weight is 290 g/mol. The molecule has 0 radical (unpaired) electrons. The third kappa shape index (κ3) is 4.21. The van der Waals surface area contributed by atoms with Gasteiger partial charge < -0.3 is 15.3 Å². The molecule has 1 aliphatic rings. The number of nitrogens with one attached hydrogen (secondary N) is 1. The Bertz CT molecular complexity index is 482. The monoisotopic (exact) mass is 290 g/mol. The van der Waals surface area contributed by atoms with Crippen LogP contribution in [0.1, 0.15) is 42.1 Å². The normalized spacial score (nSPS) is 18.5. The van der Waals surface area contributed by atoms with E-state index < -0.39 is 0 Å². The van der Waals surface area contributed by atoms with Gasteiger partial charge in [-0.2, -0.15) is 0 Å². The topological polar surface area (TPSA) is 52.6 Å². The number of piperidine rings is 1. The minimum atomic E-state index is -0.0522. The van der Waals surface area contributed by atoms with E-state index in [4.69, 9.17) is 0 Å². The van der Waals surface area contributed by atoms with Crippen molar-refractivity contribution in [2.75, 3.05) is 26.2 Å². The lowest BCUT2D eigenvalue weighted by atomic mass is 9.98. The zero-order valence-electron chi connectivity index (χ0n) is 13.1. The van der Waals surface area contributed by atoms with Crippen LogP contribution in [0, 0.1) is 12.8 Å². The van der Waals surface area contributed by atoms with Gasteiger partial charge in [0.15, 0.2) is 0 Å². The van der Waals surface area contributed by atoms with E-state index in [0.29, 0.717) is 11.5 Å². The van der Waals surface area contributed by atoms with Gasteiger partial charge in [-0.15, -0.1) is 0 Å². The SMILES string of the molecule is CCCN(CC1CCCNC1)C(=O)c1cc(C)ccc1O. The van der Waals surface area contributed by atoms with Gasteiger partial charge in [0.05, 0.1) is 5.56 Å². The average Bonchev–Trinajstić information content (AvgIpc) is 2.49. The highest BCUT2D eigenvalue weighted by Crippen LogP contribution is 2.22. The maximum Gasteiger partial charge on any atom is 0.257 e. The van der Waals surface area contributed by atoms with Crippen molar-refractivity contribution in [1.29, 1.82) is 0 Å². The molecule has 0 aromatic heterocycles. The largest absolute Gasteiger partial charge is 0.507 e. The summed E-state index contributed by atoms with van der Waals surface area (Å²) in [6.45, 7) is 7.58.